The Morgan fingerprint density at radius 1 is 1.41 bits per heavy atom. The Bertz CT molecular complexity index is 485. The van der Waals surface area contributed by atoms with Crippen molar-refractivity contribution in [1.82, 2.24) is 20.1 Å². The van der Waals surface area contributed by atoms with E-state index < -0.39 is 0 Å². The van der Waals surface area contributed by atoms with Gasteiger partial charge in [0.15, 0.2) is 0 Å². The molecule has 0 bridgehead atoms. The van der Waals surface area contributed by atoms with Crippen molar-refractivity contribution in [3.8, 4) is 11.5 Å². The minimum absolute atomic E-state index is 0.355. The van der Waals surface area contributed by atoms with E-state index in [-0.39, 0.29) is 0 Å². The Hall–Kier alpha value is -2.02. The molecule has 2 heterocycles. The first-order valence-electron chi connectivity index (χ1n) is 5.16. The normalized spacial score (nSPS) is 10.5. The lowest BCUT2D eigenvalue weighted by molar-refractivity contribution is 0.210. The molecule has 0 aliphatic carbocycles. The largest absolute Gasteiger partial charge is 0.383 e. The quantitative estimate of drug-likeness (QED) is 0.770. The molecule has 7 heteroatoms. The van der Waals surface area contributed by atoms with Crippen molar-refractivity contribution in [2.45, 2.75) is 6.92 Å². The number of methoxy groups -OCH3 is 1. The molecule has 1 N–H and O–H groups in total. The lowest BCUT2D eigenvalue weighted by Crippen LogP contribution is -2.07. The van der Waals surface area contributed by atoms with Crippen LogP contribution < -0.4 is 5.32 Å². The Morgan fingerprint density at radius 3 is 3.06 bits per heavy atom. The molecule has 0 saturated heterocycles. The van der Waals surface area contributed by atoms with Crippen molar-refractivity contribution in [3.63, 3.8) is 0 Å². The van der Waals surface area contributed by atoms with Crippen LogP contribution in [0.1, 0.15) is 5.82 Å². The highest BCUT2D eigenvalue weighted by molar-refractivity contribution is 5.48. The molecule has 17 heavy (non-hydrogen) atoms. The van der Waals surface area contributed by atoms with Crippen LogP contribution in [0.15, 0.2) is 16.8 Å². The van der Waals surface area contributed by atoms with E-state index in [0.29, 0.717) is 36.5 Å². The lowest BCUT2D eigenvalue weighted by atomic mass is 10.4. The number of aromatic nitrogens is 4. The van der Waals surface area contributed by atoms with E-state index in [1.54, 1.807) is 26.3 Å². The molecule has 0 fully saturated rings. The Morgan fingerprint density at radius 2 is 2.29 bits per heavy atom. The number of anilines is 1. The van der Waals surface area contributed by atoms with Gasteiger partial charge >= 0.3 is 6.01 Å². The second-order valence-electron chi connectivity index (χ2n) is 3.33. The smallest absolute Gasteiger partial charge is 0.321 e. The maximum atomic E-state index is 5.02. The molecule has 7 nitrogen and oxygen atoms in total. The fourth-order valence-corrected chi connectivity index (χ4v) is 1.24. The molecule has 0 spiro atoms. The van der Waals surface area contributed by atoms with Crippen molar-refractivity contribution in [2.24, 2.45) is 0 Å². The molecule has 2 aromatic heterocycles. The number of nitrogens with one attached hydrogen (secondary N) is 1. The molecule has 2 rings (SSSR count). The minimum Gasteiger partial charge on any atom is -0.383 e. The van der Waals surface area contributed by atoms with Crippen molar-refractivity contribution < 1.29 is 9.26 Å². The van der Waals surface area contributed by atoms with Gasteiger partial charge in [0.1, 0.15) is 11.5 Å². The molecule has 0 aliphatic rings. The van der Waals surface area contributed by atoms with Crippen LogP contribution in [0.5, 0.6) is 0 Å². The monoisotopic (exact) mass is 235 g/mol. The number of hydrogen-bond acceptors (Lipinski definition) is 7. The van der Waals surface area contributed by atoms with Crippen LogP contribution >= 0.6 is 0 Å². The summed E-state index contributed by atoms with van der Waals surface area (Å²) in [5.74, 6) is 1.11. The van der Waals surface area contributed by atoms with Crippen LogP contribution in [-0.2, 0) is 4.74 Å². The van der Waals surface area contributed by atoms with Gasteiger partial charge in [0.05, 0.1) is 6.61 Å². The van der Waals surface area contributed by atoms with Gasteiger partial charge in [0.25, 0.3) is 0 Å². The van der Waals surface area contributed by atoms with E-state index >= 15 is 0 Å². The van der Waals surface area contributed by atoms with Gasteiger partial charge in [-0.1, -0.05) is 5.16 Å². The van der Waals surface area contributed by atoms with E-state index in [1.807, 2.05) is 0 Å². The highest BCUT2D eigenvalue weighted by Crippen LogP contribution is 2.14. The average molecular weight is 235 g/mol. The number of hydrogen-bond donors (Lipinski definition) is 1. The lowest BCUT2D eigenvalue weighted by Gasteiger charge is -1.97. The Balaban J connectivity index is 2.07. The molecule has 0 atom stereocenters. The molecule has 0 unspecified atom stereocenters. The second kappa shape index (κ2) is 5.35. The van der Waals surface area contributed by atoms with Crippen LogP contribution in [0, 0.1) is 6.92 Å². The number of rotatable bonds is 5. The van der Waals surface area contributed by atoms with Gasteiger partial charge < -0.3 is 14.6 Å². The van der Waals surface area contributed by atoms with Crippen LogP contribution in [0.2, 0.25) is 0 Å². The van der Waals surface area contributed by atoms with Crippen LogP contribution in [0.4, 0.5) is 6.01 Å². The number of ether oxygens (including phenoxy) is 1. The summed E-state index contributed by atoms with van der Waals surface area (Å²) in [5, 5.41) is 6.77. The number of nitrogens with zero attached hydrogens (tertiary/aromatic N) is 4. The third-order valence-electron chi connectivity index (χ3n) is 2.01. The van der Waals surface area contributed by atoms with Gasteiger partial charge in [-0.2, -0.15) is 4.98 Å². The fourth-order valence-electron chi connectivity index (χ4n) is 1.24. The zero-order chi connectivity index (χ0) is 12.1. The average Bonchev–Trinajstić information content (AvgIpc) is 2.78. The molecule has 0 aliphatic heterocycles. The first kappa shape index (κ1) is 11.5. The van der Waals surface area contributed by atoms with Crippen molar-refractivity contribution in [3.05, 3.63) is 18.1 Å². The summed E-state index contributed by atoms with van der Waals surface area (Å²) in [5.41, 5.74) is 0.640. The van der Waals surface area contributed by atoms with E-state index in [0.717, 1.165) is 0 Å². The van der Waals surface area contributed by atoms with Crippen molar-refractivity contribution in [1.29, 1.82) is 0 Å². The molecule has 90 valence electrons. The van der Waals surface area contributed by atoms with Crippen LogP contribution in [-0.4, -0.2) is 40.4 Å². The summed E-state index contributed by atoms with van der Waals surface area (Å²) in [7, 11) is 1.63. The van der Waals surface area contributed by atoms with E-state index in [9.17, 15) is 0 Å². The van der Waals surface area contributed by atoms with Gasteiger partial charge in [-0.15, -0.1) is 0 Å². The predicted molar refractivity (Wildman–Crippen MR) is 60.4 cm³/mol. The summed E-state index contributed by atoms with van der Waals surface area (Å²) in [6.45, 7) is 2.99. The van der Waals surface area contributed by atoms with Gasteiger partial charge in [0.2, 0.25) is 5.82 Å². The Labute approximate surface area is 98.2 Å². The standard InChI is InChI=1S/C10H13N5O2/c1-7-11-4-3-8(13-7)9-14-10(17-15-9)12-5-6-16-2/h3-4H,5-6H2,1-2H3,(H,12,14,15). The summed E-state index contributed by atoms with van der Waals surface area (Å²) >= 11 is 0. The molecular formula is C10H13N5O2. The molecule has 0 saturated carbocycles. The topological polar surface area (TPSA) is 86.0 Å². The highest BCUT2D eigenvalue weighted by atomic mass is 16.5. The predicted octanol–water partition coefficient (Wildman–Crippen LogP) is 0.893. The Kier molecular flexibility index (Phi) is 3.61. The summed E-state index contributed by atoms with van der Waals surface area (Å²) in [6, 6.07) is 2.09. The van der Waals surface area contributed by atoms with Gasteiger partial charge in [0, 0.05) is 19.9 Å². The van der Waals surface area contributed by atoms with E-state index in [1.165, 1.54) is 0 Å². The molecular weight excluding hydrogens is 222 g/mol. The van der Waals surface area contributed by atoms with Crippen molar-refractivity contribution in [2.75, 3.05) is 25.6 Å². The van der Waals surface area contributed by atoms with Crippen molar-refractivity contribution >= 4 is 6.01 Å². The molecule has 0 aromatic carbocycles. The number of aryl methyl sites for hydroxylation is 1. The summed E-state index contributed by atoms with van der Waals surface area (Å²) < 4.78 is 9.92. The maximum Gasteiger partial charge on any atom is 0.321 e. The van der Waals surface area contributed by atoms with E-state index in [4.69, 9.17) is 9.26 Å². The minimum atomic E-state index is 0.355. The summed E-state index contributed by atoms with van der Waals surface area (Å²) in [4.78, 5) is 12.4. The van der Waals surface area contributed by atoms with Crippen LogP contribution in [0.25, 0.3) is 11.5 Å². The van der Waals surface area contributed by atoms with Gasteiger partial charge in [-0.25, -0.2) is 9.97 Å². The molecule has 0 amide bonds. The first-order valence-corrected chi connectivity index (χ1v) is 5.16. The third-order valence-corrected chi connectivity index (χ3v) is 2.01. The SMILES string of the molecule is COCCNc1nc(-c2ccnc(C)n2)no1. The van der Waals surface area contributed by atoms with Crippen LogP contribution in [0.3, 0.4) is 0 Å². The summed E-state index contributed by atoms with van der Waals surface area (Å²) in [6.07, 6.45) is 1.66. The first-order chi connectivity index (χ1) is 8.29. The second-order valence-corrected chi connectivity index (χ2v) is 3.33. The highest BCUT2D eigenvalue weighted by Gasteiger charge is 2.09. The van der Waals surface area contributed by atoms with Gasteiger partial charge in [-0.05, 0) is 13.0 Å². The van der Waals surface area contributed by atoms with E-state index in [2.05, 4.69) is 25.4 Å². The zero-order valence-corrected chi connectivity index (χ0v) is 9.67. The van der Waals surface area contributed by atoms with Gasteiger partial charge in [-0.3, -0.25) is 0 Å². The third kappa shape index (κ3) is 2.97. The fraction of sp³-hybridized carbons (Fsp3) is 0.400. The molecule has 0 radical (unpaired) electrons. The molecule has 2 aromatic rings. The maximum absolute atomic E-state index is 5.02. The zero-order valence-electron chi connectivity index (χ0n) is 9.67.